The average molecular weight is 294 g/mol. The van der Waals surface area contributed by atoms with Crippen molar-refractivity contribution in [2.75, 3.05) is 0 Å². The zero-order chi connectivity index (χ0) is 15.2. The maximum absolute atomic E-state index is 5.85. The lowest BCUT2D eigenvalue weighted by Crippen LogP contribution is -2.38. The summed E-state index contributed by atoms with van der Waals surface area (Å²) >= 11 is 0. The first-order valence-corrected chi connectivity index (χ1v) is 7.60. The van der Waals surface area contributed by atoms with Gasteiger partial charge in [-0.3, -0.25) is 0 Å². The molecule has 2 atom stereocenters. The summed E-state index contributed by atoms with van der Waals surface area (Å²) in [5, 5.41) is 0. The summed E-state index contributed by atoms with van der Waals surface area (Å²) in [6.45, 7) is 2.12. The lowest BCUT2D eigenvalue weighted by Gasteiger charge is -2.25. The van der Waals surface area contributed by atoms with E-state index in [0.29, 0.717) is 6.02 Å². The minimum atomic E-state index is -0.243. The molecule has 1 aromatic carbocycles. The van der Waals surface area contributed by atoms with Gasteiger partial charge in [-0.1, -0.05) is 25.1 Å². The SMILES string of the molecule is CC[C@@H]1OC(N)=N[C@@]12Cc1cccc(-c3cncnc3)c1C2. The molecule has 2 heterocycles. The molecule has 0 unspecified atom stereocenters. The first kappa shape index (κ1) is 13.2. The zero-order valence-corrected chi connectivity index (χ0v) is 12.5. The van der Waals surface area contributed by atoms with Crippen LogP contribution in [0.15, 0.2) is 41.9 Å². The molecule has 1 aliphatic heterocycles. The number of nitrogens with two attached hydrogens (primary N) is 1. The Labute approximate surface area is 129 Å². The van der Waals surface area contributed by atoms with Crippen LogP contribution >= 0.6 is 0 Å². The van der Waals surface area contributed by atoms with E-state index in [1.165, 1.54) is 16.7 Å². The van der Waals surface area contributed by atoms with E-state index >= 15 is 0 Å². The number of ether oxygens (including phenoxy) is 1. The van der Waals surface area contributed by atoms with E-state index in [9.17, 15) is 0 Å². The predicted octanol–water partition coefficient (Wildman–Crippen LogP) is 2.10. The predicted molar refractivity (Wildman–Crippen MR) is 84.4 cm³/mol. The van der Waals surface area contributed by atoms with Crippen LogP contribution in [0.4, 0.5) is 0 Å². The molecule has 1 aliphatic carbocycles. The normalized spacial score (nSPS) is 25.9. The van der Waals surface area contributed by atoms with E-state index < -0.39 is 0 Å². The number of hydrogen-bond acceptors (Lipinski definition) is 5. The summed E-state index contributed by atoms with van der Waals surface area (Å²) in [5.41, 5.74) is 10.5. The van der Waals surface area contributed by atoms with E-state index in [2.05, 4.69) is 40.1 Å². The van der Waals surface area contributed by atoms with Gasteiger partial charge in [-0.25, -0.2) is 15.0 Å². The van der Waals surface area contributed by atoms with Crippen LogP contribution in [-0.2, 0) is 17.6 Å². The largest absolute Gasteiger partial charge is 0.460 e. The van der Waals surface area contributed by atoms with E-state index in [1.54, 1.807) is 6.33 Å². The Morgan fingerprint density at radius 1 is 1.27 bits per heavy atom. The van der Waals surface area contributed by atoms with Crippen molar-refractivity contribution in [2.24, 2.45) is 10.7 Å². The fourth-order valence-corrected chi connectivity index (χ4v) is 3.76. The van der Waals surface area contributed by atoms with E-state index in [-0.39, 0.29) is 11.6 Å². The van der Waals surface area contributed by atoms with Crippen molar-refractivity contribution >= 4 is 6.02 Å². The van der Waals surface area contributed by atoms with Crippen molar-refractivity contribution in [3.63, 3.8) is 0 Å². The molecular weight excluding hydrogens is 276 g/mol. The number of hydrogen-bond donors (Lipinski definition) is 1. The Kier molecular flexibility index (Phi) is 2.89. The number of benzene rings is 1. The van der Waals surface area contributed by atoms with E-state index in [0.717, 1.165) is 24.8 Å². The molecule has 0 amide bonds. The molecule has 2 aromatic rings. The second-order valence-corrected chi connectivity index (χ2v) is 5.99. The van der Waals surface area contributed by atoms with Gasteiger partial charge in [-0.05, 0) is 23.1 Å². The summed E-state index contributed by atoms with van der Waals surface area (Å²) in [5.74, 6) is 0. The highest BCUT2D eigenvalue weighted by Crippen LogP contribution is 2.43. The van der Waals surface area contributed by atoms with Gasteiger partial charge in [-0.15, -0.1) is 0 Å². The van der Waals surface area contributed by atoms with Crippen LogP contribution in [0.3, 0.4) is 0 Å². The molecule has 4 rings (SSSR count). The zero-order valence-electron chi connectivity index (χ0n) is 12.5. The minimum Gasteiger partial charge on any atom is -0.460 e. The Hall–Kier alpha value is -2.43. The molecule has 22 heavy (non-hydrogen) atoms. The summed E-state index contributed by atoms with van der Waals surface area (Å²) < 4.78 is 5.73. The highest BCUT2D eigenvalue weighted by Gasteiger charge is 2.49. The van der Waals surface area contributed by atoms with Crippen LogP contribution < -0.4 is 5.73 Å². The molecule has 112 valence electrons. The Balaban J connectivity index is 1.79. The van der Waals surface area contributed by atoms with Crippen LogP contribution in [0.2, 0.25) is 0 Å². The molecule has 5 heteroatoms. The smallest absolute Gasteiger partial charge is 0.282 e. The standard InChI is InChI=1S/C17H18N4O/c1-2-15-17(21-16(18)22-15)6-11-4-3-5-13(14(11)7-17)12-8-19-10-20-9-12/h3-5,8-10,15H,2,6-7H2,1H3,(H2,18,21)/t15-,17+/m0/s1. The van der Waals surface area contributed by atoms with Gasteiger partial charge in [-0.2, -0.15) is 0 Å². The molecule has 1 spiro atoms. The number of aromatic nitrogens is 2. The third-order valence-corrected chi connectivity index (χ3v) is 4.69. The maximum atomic E-state index is 5.85. The Morgan fingerprint density at radius 3 is 2.86 bits per heavy atom. The van der Waals surface area contributed by atoms with Gasteiger partial charge in [0.15, 0.2) is 0 Å². The number of fused-ring (bicyclic) bond motifs is 1. The summed E-state index contributed by atoms with van der Waals surface area (Å²) in [6.07, 6.45) is 7.95. The highest BCUT2D eigenvalue weighted by atomic mass is 16.5. The first-order chi connectivity index (χ1) is 10.7. The Morgan fingerprint density at radius 2 is 2.09 bits per heavy atom. The molecule has 0 bridgehead atoms. The molecule has 0 fully saturated rings. The molecule has 0 saturated heterocycles. The average Bonchev–Trinajstić information content (AvgIpc) is 3.06. The van der Waals surface area contributed by atoms with Gasteiger partial charge in [0.05, 0.1) is 0 Å². The molecule has 5 nitrogen and oxygen atoms in total. The monoisotopic (exact) mass is 294 g/mol. The molecule has 1 aromatic heterocycles. The summed E-state index contributed by atoms with van der Waals surface area (Å²) in [7, 11) is 0. The van der Waals surface area contributed by atoms with Gasteiger partial charge in [0, 0.05) is 30.8 Å². The van der Waals surface area contributed by atoms with Crippen molar-refractivity contribution < 1.29 is 4.74 Å². The second kappa shape index (κ2) is 4.80. The van der Waals surface area contributed by atoms with Gasteiger partial charge in [0.1, 0.15) is 18.0 Å². The lowest BCUT2D eigenvalue weighted by atomic mass is 9.88. The number of amidine groups is 1. The maximum Gasteiger partial charge on any atom is 0.282 e. The van der Waals surface area contributed by atoms with Gasteiger partial charge in [0.2, 0.25) is 0 Å². The van der Waals surface area contributed by atoms with Crippen LogP contribution in [0.1, 0.15) is 24.5 Å². The number of rotatable bonds is 2. The fraction of sp³-hybridized carbons (Fsp3) is 0.353. The van der Waals surface area contributed by atoms with Crippen molar-refractivity contribution in [3.05, 3.63) is 48.0 Å². The van der Waals surface area contributed by atoms with E-state index in [4.69, 9.17) is 10.5 Å². The van der Waals surface area contributed by atoms with Gasteiger partial charge < -0.3 is 10.5 Å². The van der Waals surface area contributed by atoms with Crippen LogP contribution in [0.25, 0.3) is 11.1 Å². The summed E-state index contributed by atoms with van der Waals surface area (Å²) in [4.78, 5) is 12.9. The molecule has 2 aliphatic rings. The number of nitrogens with zero attached hydrogens (tertiary/aromatic N) is 3. The highest BCUT2D eigenvalue weighted by molar-refractivity contribution is 5.76. The van der Waals surface area contributed by atoms with Crippen LogP contribution in [-0.4, -0.2) is 27.6 Å². The second-order valence-electron chi connectivity index (χ2n) is 5.99. The topological polar surface area (TPSA) is 73.4 Å². The summed E-state index contributed by atoms with van der Waals surface area (Å²) in [6, 6.07) is 6.71. The van der Waals surface area contributed by atoms with Crippen molar-refractivity contribution in [1.82, 2.24) is 9.97 Å². The first-order valence-electron chi connectivity index (χ1n) is 7.60. The quantitative estimate of drug-likeness (QED) is 0.920. The molecular formula is C17H18N4O. The molecule has 0 saturated carbocycles. The van der Waals surface area contributed by atoms with Gasteiger partial charge >= 0.3 is 0 Å². The third kappa shape index (κ3) is 1.89. The molecule has 0 radical (unpaired) electrons. The van der Waals surface area contributed by atoms with Crippen molar-refractivity contribution in [3.8, 4) is 11.1 Å². The third-order valence-electron chi connectivity index (χ3n) is 4.69. The van der Waals surface area contributed by atoms with Crippen molar-refractivity contribution in [2.45, 2.75) is 37.8 Å². The van der Waals surface area contributed by atoms with E-state index in [1.807, 2.05) is 12.4 Å². The number of aliphatic imine (C=N–C) groups is 1. The lowest BCUT2D eigenvalue weighted by molar-refractivity contribution is 0.134. The Bertz CT molecular complexity index is 744. The fourth-order valence-electron chi connectivity index (χ4n) is 3.76. The van der Waals surface area contributed by atoms with Crippen LogP contribution in [0, 0.1) is 0 Å². The molecule has 2 N–H and O–H groups in total. The van der Waals surface area contributed by atoms with Crippen molar-refractivity contribution in [1.29, 1.82) is 0 Å². The van der Waals surface area contributed by atoms with Crippen LogP contribution in [0.5, 0.6) is 0 Å². The minimum absolute atomic E-state index is 0.0553. The van der Waals surface area contributed by atoms with Gasteiger partial charge in [0.25, 0.3) is 6.02 Å².